The molecule has 22 heavy (non-hydrogen) atoms. The first kappa shape index (κ1) is 16.0. The topological polar surface area (TPSA) is 102 Å². The zero-order valence-corrected chi connectivity index (χ0v) is 13.1. The fraction of sp³-hybridized carbons (Fsp3) is 0.308. The number of thioether (sulfide) groups is 1. The van der Waals surface area contributed by atoms with E-state index in [1.807, 2.05) is 6.92 Å². The Morgan fingerprint density at radius 1 is 1.18 bits per heavy atom. The first-order chi connectivity index (χ1) is 10.6. The smallest absolute Gasteiger partial charge is 0.234 e. The Morgan fingerprint density at radius 2 is 1.82 bits per heavy atom. The van der Waals surface area contributed by atoms with Crippen LogP contribution in [0.5, 0.6) is 0 Å². The standard InChI is InChI=1S/C13H16N6O2S/c1-3-19-13(16-17-18-19)22-8-12(21)15-11-6-4-10(5-7-11)14-9(2)20/h4-7H,3,8H2,1-2H3,(H,14,20)(H,15,21). The second-order valence-electron chi connectivity index (χ2n) is 4.37. The van der Waals surface area contributed by atoms with Crippen molar-refractivity contribution in [1.82, 2.24) is 20.2 Å². The van der Waals surface area contributed by atoms with E-state index in [1.54, 1.807) is 28.9 Å². The number of hydrogen-bond donors (Lipinski definition) is 2. The molecule has 1 aromatic carbocycles. The lowest BCUT2D eigenvalue weighted by Gasteiger charge is -2.06. The van der Waals surface area contributed by atoms with Crippen molar-refractivity contribution in [3.63, 3.8) is 0 Å². The van der Waals surface area contributed by atoms with Crippen LogP contribution in [0.2, 0.25) is 0 Å². The average Bonchev–Trinajstić information content (AvgIpc) is 2.94. The Morgan fingerprint density at radius 3 is 2.41 bits per heavy atom. The highest BCUT2D eigenvalue weighted by atomic mass is 32.2. The summed E-state index contributed by atoms with van der Waals surface area (Å²) in [6.45, 7) is 4.02. The van der Waals surface area contributed by atoms with Gasteiger partial charge in [0.25, 0.3) is 0 Å². The van der Waals surface area contributed by atoms with Crippen LogP contribution in [0, 0.1) is 0 Å². The number of nitrogens with one attached hydrogen (secondary N) is 2. The Kier molecular flexibility index (Phi) is 5.48. The number of anilines is 2. The number of carbonyl (C=O) groups is 2. The number of rotatable bonds is 6. The number of hydrogen-bond acceptors (Lipinski definition) is 6. The van der Waals surface area contributed by atoms with Gasteiger partial charge in [0, 0.05) is 24.8 Å². The van der Waals surface area contributed by atoms with E-state index in [4.69, 9.17) is 0 Å². The monoisotopic (exact) mass is 320 g/mol. The van der Waals surface area contributed by atoms with Gasteiger partial charge in [0.1, 0.15) is 0 Å². The number of tetrazole rings is 1. The molecule has 2 amide bonds. The van der Waals surface area contributed by atoms with E-state index in [-0.39, 0.29) is 17.6 Å². The third-order valence-electron chi connectivity index (χ3n) is 2.62. The Labute approximate surface area is 131 Å². The maximum Gasteiger partial charge on any atom is 0.234 e. The molecule has 2 aromatic rings. The largest absolute Gasteiger partial charge is 0.326 e. The second kappa shape index (κ2) is 7.55. The average molecular weight is 320 g/mol. The normalized spacial score (nSPS) is 10.3. The fourth-order valence-corrected chi connectivity index (χ4v) is 2.41. The van der Waals surface area contributed by atoms with Gasteiger partial charge in [0.05, 0.1) is 5.75 Å². The Bertz CT molecular complexity index is 655. The summed E-state index contributed by atoms with van der Waals surface area (Å²) in [5, 5.41) is 17.3. The number of nitrogens with zero attached hydrogens (tertiary/aromatic N) is 4. The van der Waals surface area contributed by atoms with Crippen molar-refractivity contribution >= 4 is 35.0 Å². The van der Waals surface area contributed by atoms with Gasteiger partial charge in [-0.2, -0.15) is 0 Å². The lowest BCUT2D eigenvalue weighted by atomic mass is 10.3. The third kappa shape index (κ3) is 4.55. The molecule has 9 heteroatoms. The first-order valence-electron chi connectivity index (χ1n) is 6.65. The highest BCUT2D eigenvalue weighted by molar-refractivity contribution is 7.99. The van der Waals surface area contributed by atoms with Gasteiger partial charge in [-0.05, 0) is 41.6 Å². The van der Waals surface area contributed by atoms with Gasteiger partial charge in [0.2, 0.25) is 17.0 Å². The molecule has 0 fully saturated rings. The van der Waals surface area contributed by atoms with Crippen molar-refractivity contribution < 1.29 is 9.59 Å². The summed E-state index contributed by atoms with van der Waals surface area (Å²) in [6, 6.07) is 6.90. The van der Waals surface area contributed by atoms with E-state index in [2.05, 4.69) is 26.2 Å². The number of carbonyl (C=O) groups excluding carboxylic acids is 2. The number of aromatic nitrogens is 4. The van der Waals surface area contributed by atoms with Gasteiger partial charge < -0.3 is 10.6 Å². The molecule has 0 bridgehead atoms. The molecule has 0 unspecified atom stereocenters. The number of benzene rings is 1. The van der Waals surface area contributed by atoms with Crippen molar-refractivity contribution in [1.29, 1.82) is 0 Å². The molecule has 8 nitrogen and oxygen atoms in total. The Hall–Kier alpha value is -2.42. The summed E-state index contributed by atoms with van der Waals surface area (Å²) >= 11 is 1.28. The third-order valence-corrected chi connectivity index (χ3v) is 3.58. The molecular formula is C13H16N6O2S. The van der Waals surface area contributed by atoms with Crippen molar-refractivity contribution in [2.45, 2.75) is 25.5 Å². The molecule has 0 spiro atoms. The van der Waals surface area contributed by atoms with Crippen molar-refractivity contribution in [2.24, 2.45) is 0 Å². The molecule has 2 rings (SSSR count). The van der Waals surface area contributed by atoms with E-state index in [0.717, 1.165) is 0 Å². The lowest BCUT2D eigenvalue weighted by molar-refractivity contribution is -0.114. The summed E-state index contributed by atoms with van der Waals surface area (Å²) in [6.07, 6.45) is 0. The van der Waals surface area contributed by atoms with Gasteiger partial charge in [-0.1, -0.05) is 11.8 Å². The molecule has 0 aliphatic rings. The van der Waals surface area contributed by atoms with Crippen LogP contribution in [0.25, 0.3) is 0 Å². The van der Waals surface area contributed by atoms with E-state index >= 15 is 0 Å². The highest BCUT2D eigenvalue weighted by Crippen LogP contribution is 2.16. The molecule has 0 radical (unpaired) electrons. The molecule has 116 valence electrons. The molecule has 1 heterocycles. The molecule has 0 aliphatic heterocycles. The summed E-state index contributed by atoms with van der Waals surface area (Å²) < 4.78 is 1.63. The fourth-order valence-electron chi connectivity index (χ4n) is 1.67. The highest BCUT2D eigenvalue weighted by Gasteiger charge is 2.09. The molecule has 0 saturated heterocycles. The van der Waals surface area contributed by atoms with Crippen molar-refractivity contribution in [3.8, 4) is 0 Å². The van der Waals surface area contributed by atoms with E-state index in [9.17, 15) is 9.59 Å². The van der Waals surface area contributed by atoms with Crippen LogP contribution in [0.15, 0.2) is 29.4 Å². The lowest BCUT2D eigenvalue weighted by Crippen LogP contribution is -2.14. The predicted molar refractivity (Wildman–Crippen MR) is 83.6 cm³/mol. The maximum absolute atomic E-state index is 11.9. The summed E-state index contributed by atoms with van der Waals surface area (Å²) in [5.74, 6) is -0.0712. The van der Waals surface area contributed by atoms with Gasteiger partial charge in [-0.15, -0.1) is 5.10 Å². The van der Waals surface area contributed by atoms with Crippen LogP contribution < -0.4 is 10.6 Å². The van der Waals surface area contributed by atoms with Crippen LogP contribution >= 0.6 is 11.8 Å². The molecule has 1 aromatic heterocycles. The zero-order valence-electron chi connectivity index (χ0n) is 12.2. The van der Waals surface area contributed by atoms with E-state index in [1.165, 1.54) is 18.7 Å². The van der Waals surface area contributed by atoms with Crippen LogP contribution in [-0.2, 0) is 16.1 Å². The first-order valence-corrected chi connectivity index (χ1v) is 7.63. The van der Waals surface area contributed by atoms with Crippen LogP contribution in [0.3, 0.4) is 0 Å². The van der Waals surface area contributed by atoms with E-state index in [0.29, 0.717) is 23.1 Å². The molecule has 0 aliphatic carbocycles. The van der Waals surface area contributed by atoms with Crippen LogP contribution in [0.4, 0.5) is 11.4 Å². The van der Waals surface area contributed by atoms with Gasteiger partial charge in [0.15, 0.2) is 0 Å². The van der Waals surface area contributed by atoms with Gasteiger partial charge in [-0.3, -0.25) is 9.59 Å². The minimum Gasteiger partial charge on any atom is -0.326 e. The summed E-state index contributed by atoms with van der Waals surface area (Å²) in [7, 11) is 0. The molecule has 2 N–H and O–H groups in total. The number of amides is 2. The minimum absolute atomic E-state index is 0.137. The predicted octanol–water partition coefficient (Wildman–Crippen LogP) is 1.38. The summed E-state index contributed by atoms with van der Waals surface area (Å²) in [4.78, 5) is 22.8. The quantitative estimate of drug-likeness (QED) is 0.780. The van der Waals surface area contributed by atoms with Crippen molar-refractivity contribution in [2.75, 3.05) is 16.4 Å². The minimum atomic E-state index is -0.150. The maximum atomic E-state index is 11.9. The molecule has 0 saturated carbocycles. The van der Waals surface area contributed by atoms with Crippen LogP contribution in [-0.4, -0.2) is 37.8 Å². The number of aryl methyl sites for hydroxylation is 1. The van der Waals surface area contributed by atoms with Gasteiger partial charge >= 0.3 is 0 Å². The van der Waals surface area contributed by atoms with Crippen molar-refractivity contribution in [3.05, 3.63) is 24.3 Å². The zero-order chi connectivity index (χ0) is 15.9. The second-order valence-corrected chi connectivity index (χ2v) is 5.32. The van der Waals surface area contributed by atoms with E-state index < -0.39 is 0 Å². The van der Waals surface area contributed by atoms with Crippen LogP contribution in [0.1, 0.15) is 13.8 Å². The summed E-state index contributed by atoms with van der Waals surface area (Å²) in [5.41, 5.74) is 1.34. The Balaban J connectivity index is 1.85. The molecular weight excluding hydrogens is 304 g/mol. The SMILES string of the molecule is CCn1nnnc1SCC(=O)Nc1ccc(NC(C)=O)cc1. The van der Waals surface area contributed by atoms with Gasteiger partial charge in [-0.25, -0.2) is 4.68 Å². The molecule has 0 atom stereocenters.